The summed E-state index contributed by atoms with van der Waals surface area (Å²) in [6, 6.07) is 4.62. The Kier molecular flexibility index (Phi) is 6.96. The molecule has 2 heterocycles. The zero-order valence-electron chi connectivity index (χ0n) is 17.2. The van der Waals surface area contributed by atoms with E-state index in [4.69, 9.17) is 32.5 Å². The highest BCUT2D eigenvalue weighted by Gasteiger charge is 2.62. The van der Waals surface area contributed by atoms with Gasteiger partial charge in [-0.2, -0.15) is 0 Å². The summed E-state index contributed by atoms with van der Waals surface area (Å²) >= 11 is 12.0. The summed E-state index contributed by atoms with van der Waals surface area (Å²) in [6.07, 6.45) is 0.573. The molecular formula is C19H26BCl2N3O5. The first-order valence-corrected chi connectivity index (χ1v) is 10.8. The third-order valence-corrected chi connectivity index (χ3v) is 6.15. The molecule has 2 amide bonds. The van der Waals surface area contributed by atoms with Gasteiger partial charge in [0.25, 0.3) is 5.91 Å². The zero-order valence-corrected chi connectivity index (χ0v) is 18.7. The van der Waals surface area contributed by atoms with Crippen LogP contribution in [0.1, 0.15) is 37.6 Å². The van der Waals surface area contributed by atoms with Crippen LogP contribution >= 0.6 is 23.2 Å². The highest BCUT2D eigenvalue weighted by atomic mass is 35.5. The summed E-state index contributed by atoms with van der Waals surface area (Å²) < 4.78 is 11.6. The van der Waals surface area contributed by atoms with Gasteiger partial charge in [0.05, 0.1) is 29.8 Å². The lowest BCUT2D eigenvalue weighted by Crippen LogP contribution is -3.23. The number of carbonyl (C=O) groups is 3. The minimum absolute atomic E-state index is 0.0905. The molecule has 3 N–H and O–H groups in total. The van der Waals surface area contributed by atoms with Gasteiger partial charge in [0.2, 0.25) is 5.91 Å². The van der Waals surface area contributed by atoms with E-state index in [1.165, 1.54) is 12.1 Å². The van der Waals surface area contributed by atoms with Crippen molar-refractivity contribution >= 4 is 47.7 Å². The number of hydrogen-bond donors (Lipinski definition) is 3. The van der Waals surface area contributed by atoms with Gasteiger partial charge in [-0.15, -0.1) is 0 Å². The monoisotopic (exact) mass is 457 g/mol. The average molecular weight is 458 g/mol. The molecule has 11 heteroatoms. The van der Waals surface area contributed by atoms with Crippen LogP contribution in [0.15, 0.2) is 18.2 Å². The molecule has 2 aliphatic heterocycles. The minimum atomic E-state index is -2.05. The smallest absolute Gasteiger partial charge is 0.548 e. The van der Waals surface area contributed by atoms with E-state index in [2.05, 4.69) is 10.6 Å². The average Bonchev–Trinajstić information content (AvgIpc) is 3.17. The number of amides is 2. The van der Waals surface area contributed by atoms with Gasteiger partial charge < -0.3 is 24.8 Å². The Labute approximate surface area is 185 Å². The Balaban J connectivity index is 1.68. The molecule has 0 radical (unpaired) electrons. The second kappa shape index (κ2) is 9.14. The Morgan fingerprint density at radius 1 is 1.33 bits per heavy atom. The van der Waals surface area contributed by atoms with Gasteiger partial charge in [0.15, 0.2) is 0 Å². The second-order valence-corrected chi connectivity index (χ2v) is 9.20. The summed E-state index contributed by atoms with van der Waals surface area (Å²) in [5.74, 6) is -1.51. The van der Waals surface area contributed by atoms with Crippen molar-refractivity contribution in [2.75, 3.05) is 19.7 Å². The fourth-order valence-electron chi connectivity index (χ4n) is 4.23. The molecule has 3 rings (SSSR count). The SMILES string of the molecule is CC(C)C[C@H](NC(=O)CNC(=O)c1cc(Cl)ccc1Cl)[B-]12OC[C@@H](C)[NH+]1CC(=O)O2. The van der Waals surface area contributed by atoms with Gasteiger partial charge in [-0.25, -0.2) is 0 Å². The van der Waals surface area contributed by atoms with E-state index >= 15 is 0 Å². The third kappa shape index (κ3) is 4.75. The van der Waals surface area contributed by atoms with E-state index in [9.17, 15) is 14.4 Å². The van der Waals surface area contributed by atoms with Crippen molar-refractivity contribution in [2.24, 2.45) is 5.92 Å². The summed E-state index contributed by atoms with van der Waals surface area (Å²) in [5, 5.41) is 6.07. The standard InChI is InChI=1S/C19H26BCl2N3O5/c1-11(2)6-16(20-25(9-18(27)30-20)12(3)10-29-20)24-17(26)8-23-19(28)14-7-13(21)4-5-15(14)22/h4-5,7,11-12,16,25H,6,8-10H2,1-3H3,(H,23,28)(H,24,26)/t12-,16+,20?/m1/s1. The number of hydrogen-bond acceptors (Lipinski definition) is 5. The van der Waals surface area contributed by atoms with Crippen LogP contribution in [0.5, 0.6) is 0 Å². The molecule has 1 aromatic rings. The Hall–Kier alpha value is -1.81. The van der Waals surface area contributed by atoms with E-state index in [0.29, 0.717) is 18.1 Å². The number of benzene rings is 1. The van der Waals surface area contributed by atoms with Crippen LogP contribution in [0.4, 0.5) is 0 Å². The lowest BCUT2D eigenvalue weighted by atomic mass is 9.59. The Morgan fingerprint density at radius 3 is 2.77 bits per heavy atom. The van der Waals surface area contributed by atoms with Crippen LogP contribution in [-0.2, 0) is 18.9 Å². The van der Waals surface area contributed by atoms with Crippen LogP contribution in [0.2, 0.25) is 10.0 Å². The van der Waals surface area contributed by atoms with Crippen molar-refractivity contribution in [2.45, 2.75) is 39.2 Å². The number of carbonyl (C=O) groups excluding carboxylic acids is 3. The van der Waals surface area contributed by atoms with E-state index in [-0.39, 0.29) is 41.6 Å². The molecule has 8 nitrogen and oxygen atoms in total. The van der Waals surface area contributed by atoms with Crippen molar-refractivity contribution in [3.63, 3.8) is 0 Å². The largest absolute Gasteiger partial charge is 0.610 e. The summed E-state index contributed by atoms with van der Waals surface area (Å²) in [7, 11) is 0. The Bertz CT molecular complexity index is 855. The maximum Gasteiger partial charge on any atom is 0.548 e. The van der Waals surface area contributed by atoms with E-state index in [1.807, 2.05) is 20.8 Å². The molecule has 4 atom stereocenters. The van der Waals surface area contributed by atoms with Gasteiger partial charge >= 0.3 is 12.7 Å². The van der Waals surface area contributed by atoms with E-state index in [1.54, 1.807) is 6.07 Å². The van der Waals surface area contributed by atoms with Gasteiger partial charge in [0, 0.05) is 11.0 Å². The van der Waals surface area contributed by atoms with Crippen molar-refractivity contribution < 1.29 is 28.5 Å². The van der Waals surface area contributed by atoms with Crippen molar-refractivity contribution in [3.05, 3.63) is 33.8 Å². The third-order valence-electron chi connectivity index (χ3n) is 5.58. The van der Waals surface area contributed by atoms with Gasteiger partial charge in [-0.05, 0) is 31.0 Å². The lowest BCUT2D eigenvalue weighted by molar-refractivity contribution is -0.807. The molecule has 164 valence electrons. The lowest BCUT2D eigenvalue weighted by Gasteiger charge is -2.39. The summed E-state index contributed by atoms with van der Waals surface area (Å²) in [4.78, 5) is 38.0. The van der Waals surface area contributed by atoms with E-state index < -0.39 is 24.4 Å². The normalized spacial score (nSPS) is 26.3. The van der Waals surface area contributed by atoms with E-state index in [0.717, 1.165) is 4.81 Å². The molecule has 2 unspecified atom stereocenters. The van der Waals surface area contributed by atoms with Crippen LogP contribution in [0.3, 0.4) is 0 Å². The molecule has 2 saturated heterocycles. The molecule has 0 aliphatic carbocycles. The molecule has 2 fully saturated rings. The summed E-state index contributed by atoms with van der Waals surface area (Å²) in [5.41, 5.74) is 0.187. The fourth-order valence-corrected chi connectivity index (χ4v) is 4.60. The number of nitrogens with one attached hydrogen (secondary N) is 3. The predicted molar refractivity (Wildman–Crippen MR) is 113 cm³/mol. The topological polar surface area (TPSA) is 98.2 Å². The van der Waals surface area contributed by atoms with Crippen LogP contribution in [0, 0.1) is 5.92 Å². The molecule has 2 aliphatic rings. The molecule has 0 aromatic heterocycles. The number of halogens is 2. The fraction of sp³-hybridized carbons (Fsp3) is 0.526. The molecular weight excluding hydrogens is 432 g/mol. The number of fused-ring (bicyclic) bond motifs is 1. The predicted octanol–water partition coefficient (Wildman–Crippen LogP) is 0.593. The first-order chi connectivity index (χ1) is 14.1. The molecule has 0 saturated carbocycles. The molecule has 0 spiro atoms. The maximum absolute atomic E-state index is 12.6. The van der Waals surface area contributed by atoms with Gasteiger partial charge in [-0.1, -0.05) is 43.5 Å². The van der Waals surface area contributed by atoms with Crippen molar-refractivity contribution in [1.82, 2.24) is 10.6 Å². The summed E-state index contributed by atoms with van der Waals surface area (Å²) in [6.45, 7) is 4.39. The van der Waals surface area contributed by atoms with Gasteiger partial charge in [0.1, 0.15) is 6.54 Å². The van der Waals surface area contributed by atoms with Crippen LogP contribution in [0.25, 0.3) is 0 Å². The van der Waals surface area contributed by atoms with Crippen LogP contribution in [-0.4, -0.2) is 56.1 Å². The zero-order chi connectivity index (χ0) is 22.1. The van der Waals surface area contributed by atoms with Crippen molar-refractivity contribution in [3.8, 4) is 0 Å². The minimum Gasteiger partial charge on any atom is -0.610 e. The number of quaternary nitrogens is 1. The highest BCUT2D eigenvalue weighted by Crippen LogP contribution is 2.22. The molecule has 1 aromatic carbocycles. The maximum atomic E-state index is 12.6. The molecule has 30 heavy (non-hydrogen) atoms. The molecule has 0 bridgehead atoms. The van der Waals surface area contributed by atoms with Crippen molar-refractivity contribution in [1.29, 1.82) is 0 Å². The first kappa shape index (κ1) is 22.9. The first-order valence-electron chi connectivity index (χ1n) is 10.0. The second-order valence-electron chi connectivity index (χ2n) is 8.36. The van der Waals surface area contributed by atoms with Crippen LogP contribution < -0.4 is 15.4 Å². The number of rotatable bonds is 7. The Morgan fingerprint density at radius 2 is 2.07 bits per heavy atom. The quantitative estimate of drug-likeness (QED) is 0.520. The highest BCUT2D eigenvalue weighted by molar-refractivity contribution is 6.64. The van der Waals surface area contributed by atoms with Gasteiger partial charge in [-0.3, -0.25) is 14.4 Å².